The molecule has 7 nitrogen and oxygen atoms in total. The van der Waals surface area contributed by atoms with Gasteiger partial charge in [-0.2, -0.15) is 0 Å². The summed E-state index contributed by atoms with van der Waals surface area (Å²) in [6.07, 6.45) is 4.72. The van der Waals surface area contributed by atoms with Crippen LogP contribution in [-0.2, 0) is 19.5 Å². The highest BCUT2D eigenvalue weighted by Gasteiger charge is 2.56. The quantitative estimate of drug-likeness (QED) is 0.162. The second-order valence-corrected chi connectivity index (χ2v) is 15.2. The van der Waals surface area contributed by atoms with Crippen LogP contribution < -0.4 is 10.9 Å². The second kappa shape index (κ2) is 13.3. The van der Waals surface area contributed by atoms with Gasteiger partial charge in [-0.25, -0.2) is 9.98 Å². The molecule has 0 spiro atoms. The predicted octanol–water partition coefficient (Wildman–Crippen LogP) is 7.60. The zero-order valence-corrected chi connectivity index (χ0v) is 29.0. The number of aryl methyl sites for hydroxylation is 2. The fourth-order valence-electron chi connectivity index (χ4n) is 8.09. The molecule has 1 aromatic heterocycles. The van der Waals surface area contributed by atoms with E-state index in [2.05, 4.69) is 71.2 Å². The Morgan fingerprint density at radius 3 is 2.51 bits per heavy atom. The van der Waals surface area contributed by atoms with E-state index in [9.17, 15) is 4.79 Å². The van der Waals surface area contributed by atoms with Gasteiger partial charge in [0.2, 0.25) is 0 Å². The van der Waals surface area contributed by atoms with Gasteiger partial charge in [-0.1, -0.05) is 80.4 Å². The van der Waals surface area contributed by atoms with Gasteiger partial charge in [-0.3, -0.25) is 14.3 Å². The number of hydrogen-bond acceptors (Lipinski definition) is 4. The van der Waals surface area contributed by atoms with Crippen LogP contribution >= 0.6 is 23.2 Å². The highest BCUT2D eigenvalue weighted by atomic mass is 35.5. The summed E-state index contributed by atoms with van der Waals surface area (Å²) in [5.41, 5.74) is 4.22. The van der Waals surface area contributed by atoms with Gasteiger partial charge >= 0.3 is 0 Å². The molecular formula is C38H44Cl2N6O. The molecule has 8 rings (SSSR count). The summed E-state index contributed by atoms with van der Waals surface area (Å²) in [6.45, 7) is 12.5. The van der Waals surface area contributed by atoms with Crippen LogP contribution in [0.3, 0.4) is 0 Å². The van der Waals surface area contributed by atoms with E-state index in [-0.39, 0.29) is 5.56 Å². The Labute approximate surface area is 287 Å². The molecule has 4 atom stereocenters. The lowest BCUT2D eigenvalue weighted by atomic mass is 9.45. The lowest BCUT2D eigenvalue weighted by Crippen LogP contribution is -2.57. The zero-order chi connectivity index (χ0) is 32.7. The number of anilines is 1. The number of nitrogens with one attached hydrogen (secondary N) is 1. The van der Waals surface area contributed by atoms with Gasteiger partial charge in [0.15, 0.2) is 5.96 Å². The number of hydrogen-bond donors (Lipinski definition) is 1. The molecule has 0 radical (unpaired) electrons. The number of aromatic nitrogens is 2. The number of fused-ring (bicyclic) bond motifs is 3. The highest BCUT2D eigenvalue weighted by Crippen LogP contribution is 2.61. The molecule has 0 amide bonds. The van der Waals surface area contributed by atoms with E-state index in [0.717, 1.165) is 68.2 Å². The van der Waals surface area contributed by atoms with Crippen LogP contribution in [0.1, 0.15) is 44.7 Å². The molecule has 3 aromatic carbocycles. The Bertz CT molecular complexity index is 1830. The van der Waals surface area contributed by atoms with Crippen LogP contribution in [0, 0.1) is 23.2 Å². The van der Waals surface area contributed by atoms with Crippen LogP contribution in [0.15, 0.2) is 82.8 Å². The molecule has 3 aliphatic carbocycles. The van der Waals surface area contributed by atoms with E-state index >= 15 is 0 Å². The Hall–Kier alpha value is -3.39. The van der Waals surface area contributed by atoms with E-state index in [1.54, 1.807) is 17.0 Å². The molecule has 9 heteroatoms. The van der Waals surface area contributed by atoms with Gasteiger partial charge in [-0.05, 0) is 83.9 Å². The van der Waals surface area contributed by atoms with Gasteiger partial charge in [0, 0.05) is 55.0 Å². The molecule has 3 unspecified atom stereocenters. The van der Waals surface area contributed by atoms with Crippen molar-refractivity contribution in [3.8, 4) is 0 Å². The van der Waals surface area contributed by atoms with E-state index in [4.69, 9.17) is 28.2 Å². The van der Waals surface area contributed by atoms with E-state index in [1.807, 2.05) is 30.3 Å². The van der Waals surface area contributed by atoms with Crippen molar-refractivity contribution in [3.05, 3.63) is 105 Å². The fourth-order valence-corrected chi connectivity index (χ4v) is 8.60. The molecule has 4 aromatic rings. The minimum Gasteiger partial charge on any atom is -0.340 e. The minimum atomic E-state index is -0.0621. The summed E-state index contributed by atoms with van der Waals surface area (Å²) in [5, 5.41) is 5.49. The monoisotopic (exact) mass is 670 g/mol. The standard InChI is InChI=1S/C38H44Cl2N6O/c1-25-32-19-28(38(32,2)3)20-34(25)43-37(45-17-15-44(16-18-45)23-26-7-5-4-6-8-26)42-30-11-12-31-35(22-30)41-24-46(36(31)47)14-13-27-9-10-29(39)21-33(27)40/h4-12,21-22,24-25,28,32,34H,13-20,23H2,1-3H3,(H,42,43)/t25?,28?,32?,34-/m0/s1. The van der Waals surface area contributed by atoms with Crippen LogP contribution in [-0.4, -0.2) is 57.5 Å². The molecule has 2 heterocycles. The van der Waals surface area contributed by atoms with E-state index in [1.165, 1.54) is 12.0 Å². The van der Waals surface area contributed by atoms with Crippen molar-refractivity contribution in [2.24, 2.45) is 28.2 Å². The second-order valence-electron chi connectivity index (χ2n) is 14.3. The molecule has 246 valence electrons. The predicted molar refractivity (Wildman–Crippen MR) is 193 cm³/mol. The maximum absolute atomic E-state index is 13.4. The SMILES string of the molecule is CC1C2CC(C[C@@H]1N=C(Nc1ccc3c(=O)n(CCc4ccc(Cl)cc4Cl)cnc3c1)N1CCN(Cc3ccccc3)CC1)C2(C)C. The normalized spacial score (nSPS) is 24.3. The first-order valence-corrected chi connectivity index (χ1v) is 17.7. The van der Waals surface area contributed by atoms with Crippen molar-refractivity contribution in [1.29, 1.82) is 0 Å². The molecule has 2 bridgehead atoms. The molecule has 1 N–H and O–H groups in total. The molecular weight excluding hydrogens is 627 g/mol. The smallest absolute Gasteiger partial charge is 0.261 e. The number of benzene rings is 3. The lowest BCUT2D eigenvalue weighted by molar-refractivity contribution is -0.108. The number of aliphatic imine (C=N–C) groups is 1. The Kier molecular flexibility index (Phi) is 9.07. The molecule has 1 aliphatic heterocycles. The topological polar surface area (TPSA) is 65.8 Å². The fraction of sp³-hybridized carbons (Fsp3) is 0.447. The van der Waals surface area contributed by atoms with Crippen molar-refractivity contribution in [2.45, 2.75) is 59.2 Å². The summed E-state index contributed by atoms with van der Waals surface area (Å²) in [5.74, 6) is 2.95. The summed E-state index contributed by atoms with van der Waals surface area (Å²) in [7, 11) is 0. The largest absolute Gasteiger partial charge is 0.340 e. The average Bonchev–Trinajstić information content (AvgIpc) is 3.06. The third kappa shape index (κ3) is 6.67. The minimum absolute atomic E-state index is 0.0621. The summed E-state index contributed by atoms with van der Waals surface area (Å²) < 4.78 is 1.65. The number of nitrogens with zero attached hydrogens (tertiary/aromatic N) is 5. The maximum Gasteiger partial charge on any atom is 0.261 e. The number of halogens is 2. The summed E-state index contributed by atoms with van der Waals surface area (Å²) in [6, 6.07) is 22.3. The number of rotatable bonds is 7. The zero-order valence-electron chi connectivity index (χ0n) is 27.5. The van der Waals surface area contributed by atoms with Crippen LogP contribution in [0.5, 0.6) is 0 Å². The summed E-state index contributed by atoms with van der Waals surface area (Å²) >= 11 is 12.4. The summed E-state index contributed by atoms with van der Waals surface area (Å²) in [4.78, 5) is 28.5. The lowest BCUT2D eigenvalue weighted by Gasteiger charge is -2.61. The average molecular weight is 672 g/mol. The molecule has 4 aliphatic rings. The van der Waals surface area contributed by atoms with Crippen molar-refractivity contribution in [3.63, 3.8) is 0 Å². The van der Waals surface area contributed by atoms with Crippen molar-refractivity contribution >= 4 is 45.8 Å². The first kappa shape index (κ1) is 32.2. The highest BCUT2D eigenvalue weighted by molar-refractivity contribution is 6.35. The maximum atomic E-state index is 13.4. The molecule has 1 saturated heterocycles. The third-order valence-corrected chi connectivity index (χ3v) is 11.8. The Balaban J connectivity index is 1.10. The van der Waals surface area contributed by atoms with Gasteiger partial charge in [-0.15, -0.1) is 0 Å². The number of guanidine groups is 1. The third-order valence-electron chi connectivity index (χ3n) is 11.2. The molecule has 4 fully saturated rings. The molecule has 3 saturated carbocycles. The van der Waals surface area contributed by atoms with Crippen LogP contribution in [0.25, 0.3) is 10.9 Å². The van der Waals surface area contributed by atoms with E-state index in [0.29, 0.717) is 51.3 Å². The van der Waals surface area contributed by atoms with Gasteiger partial charge < -0.3 is 10.2 Å². The Morgan fingerprint density at radius 2 is 1.79 bits per heavy atom. The van der Waals surface area contributed by atoms with Gasteiger partial charge in [0.1, 0.15) is 0 Å². The van der Waals surface area contributed by atoms with Crippen molar-refractivity contribution < 1.29 is 0 Å². The van der Waals surface area contributed by atoms with Crippen molar-refractivity contribution in [2.75, 3.05) is 31.5 Å². The van der Waals surface area contributed by atoms with Crippen LogP contribution in [0.2, 0.25) is 10.0 Å². The van der Waals surface area contributed by atoms with Gasteiger partial charge in [0.05, 0.1) is 23.3 Å². The van der Waals surface area contributed by atoms with E-state index < -0.39 is 0 Å². The van der Waals surface area contributed by atoms with Gasteiger partial charge in [0.25, 0.3) is 5.56 Å². The number of piperazine rings is 1. The first-order chi connectivity index (χ1) is 22.7. The Morgan fingerprint density at radius 1 is 1.00 bits per heavy atom. The van der Waals surface area contributed by atoms with Crippen molar-refractivity contribution in [1.82, 2.24) is 19.4 Å². The first-order valence-electron chi connectivity index (χ1n) is 16.9. The van der Waals surface area contributed by atoms with Crippen LogP contribution in [0.4, 0.5) is 5.69 Å². The molecule has 47 heavy (non-hydrogen) atoms.